The minimum absolute atomic E-state index is 0.0124. The number of carbonyl (C=O) groups excluding carboxylic acids is 7. The van der Waals surface area contributed by atoms with Crippen molar-refractivity contribution in [3.63, 3.8) is 0 Å². The number of fused-ring (bicyclic) bond motifs is 2. The molecule has 0 fully saturated rings. The quantitative estimate of drug-likeness (QED) is 0.104. The van der Waals surface area contributed by atoms with Crippen LogP contribution >= 0.6 is 45.3 Å². The molecule has 2 atom stereocenters. The first-order valence-electron chi connectivity index (χ1n) is 15.4. The number of rotatable bonds is 10. The summed E-state index contributed by atoms with van der Waals surface area (Å²) in [5, 5.41) is 7.34. The number of thiophene rings is 4. The average Bonchev–Trinajstić information content (AvgIpc) is 3.98. The molecule has 0 saturated heterocycles. The van der Waals surface area contributed by atoms with Gasteiger partial charge < -0.3 is 0 Å². The van der Waals surface area contributed by atoms with Crippen LogP contribution in [0.4, 0.5) is 0 Å². The van der Waals surface area contributed by atoms with Crippen LogP contribution in [0, 0.1) is 11.8 Å². The first-order chi connectivity index (χ1) is 24.2. The molecule has 0 radical (unpaired) electrons. The Bertz CT molecular complexity index is 2130. The zero-order chi connectivity index (χ0) is 34.7. The highest BCUT2D eigenvalue weighted by molar-refractivity contribution is 7.12. The number of hydrogen-bond donors (Lipinski definition) is 0. The molecule has 4 heterocycles. The molecule has 11 heteroatoms. The van der Waals surface area contributed by atoms with Gasteiger partial charge in [-0.2, -0.15) is 0 Å². The van der Waals surface area contributed by atoms with Crippen molar-refractivity contribution in [1.82, 2.24) is 0 Å². The molecular weight excluding hydrogens is 709 g/mol. The van der Waals surface area contributed by atoms with E-state index >= 15 is 0 Å². The number of hydrogen-bond acceptors (Lipinski definition) is 11. The van der Waals surface area contributed by atoms with Gasteiger partial charge in [0.15, 0.2) is 40.5 Å². The molecule has 0 amide bonds. The normalized spacial score (nSPS) is 16.8. The smallest absolute Gasteiger partial charge is 0.193 e. The average molecular weight is 731 g/mol. The SMILES string of the molecule is O=C(c1ccc2c(c1)C(=O)C(C(=O)C(c1cccs1)c1cccs1)C2=O)c1ccc2c(c1)C(=O)C(C(=O)C(c1cccs1)c1cccs1)C2=O. The zero-order valence-corrected chi connectivity index (χ0v) is 29.0. The van der Waals surface area contributed by atoms with Gasteiger partial charge in [-0.3, -0.25) is 33.6 Å². The van der Waals surface area contributed by atoms with E-state index in [-0.39, 0.29) is 33.4 Å². The van der Waals surface area contributed by atoms with Gasteiger partial charge in [0.2, 0.25) is 0 Å². The van der Waals surface area contributed by atoms with Crippen molar-refractivity contribution in [3.8, 4) is 0 Å². The second-order valence-corrected chi connectivity index (χ2v) is 15.8. The molecule has 2 aliphatic rings. The van der Waals surface area contributed by atoms with E-state index < -0.39 is 64.2 Å². The van der Waals surface area contributed by atoms with Gasteiger partial charge in [0.25, 0.3) is 0 Å². The summed E-state index contributed by atoms with van der Waals surface area (Å²) in [6.45, 7) is 0. The standard InChI is InChI=1S/C39H22O7S4/c40-33(19-9-11-21-23(17-19)36(43)31(34(21)41)38(45)29(25-5-1-13-47-25)26-6-2-14-48-26)20-10-12-22-24(18-20)37(44)32(35(22)42)39(46)30(27-7-3-15-49-27)28-8-4-16-50-28/h1-18,29-32H. The lowest BCUT2D eigenvalue weighted by molar-refractivity contribution is -0.121. The highest BCUT2D eigenvalue weighted by Crippen LogP contribution is 2.40. The van der Waals surface area contributed by atoms with Crippen molar-refractivity contribution < 1.29 is 33.6 Å². The molecular formula is C39H22O7S4. The summed E-state index contributed by atoms with van der Waals surface area (Å²) in [4.78, 5) is 98.9. The van der Waals surface area contributed by atoms with Crippen LogP contribution in [-0.2, 0) is 9.59 Å². The van der Waals surface area contributed by atoms with E-state index in [4.69, 9.17) is 0 Å². The van der Waals surface area contributed by atoms with Gasteiger partial charge in [0, 0.05) is 52.9 Å². The van der Waals surface area contributed by atoms with Crippen molar-refractivity contribution in [3.05, 3.63) is 159 Å². The van der Waals surface area contributed by atoms with E-state index in [1.54, 1.807) is 24.3 Å². The molecule has 7 nitrogen and oxygen atoms in total. The summed E-state index contributed by atoms with van der Waals surface area (Å²) < 4.78 is 0. The van der Waals surface area contributed by atoms with E-state index in [0.717, 1.165) is 19.5 Å². The van der Waals surface area contributed by atoms with Crippen LogP contribution in [0.15, 0.2) is 106 Å². The summed E-state index contributed by atoms with van der Waals surface area (Å²) >= 11 is 5.49. The predicted octanol–water partition coefficient (Wildman–Crippen LogP) is 7.96. The Kier molecular flexibility index (Phi) is 8.15. The second-order valence-electron chi connectivity index (χ2n) is 11.9. The number of Topliss-reactive ketones (excluding diaryl/α,β-unsaturated/α-hetero) is 6. The number of carbonyl (C=O) groups is 7. The Balaban J connectivity index is 1.07. The van der Waals surface area contributed by atoms with Gasteiger partial charge >= 0.3 is 0 Å². The lowest BCUT2D eigenvalue weighted by Crippen LogP contribution is -2.30. The summed E-state index contributed by atoms with van der Waals surface area (Å²) in [5.74, 6) is -8.71. The van der Waals surface area contributed by atoms with E-state index in [0.29, 0.717) is 0 Å². The molecule has 8 rings (SSSR count). The van der Waals surface area contributed by atoms with E-state index in [1.807, 2.05) is 45.8 Å². The van der Waals surface area contributed by atoms with Crippen LogP contribution in [0.5, 0.6) is 0 Å². The summed E-state index contributed by atoms with van der Waals surface area (Å²) in [5.41, 5.74) is 0.270. The van der Waals surface area contributed by atoms with Gasteiger partial charge in [-0.1, -0.05) is 36.4 Å². The van der Waals surface area contributed by atoms with Crippen LogP contribution in [0.2, 0.25) is 0 Å². The Hall–Kier alpha value is -5.07. The summed E-state index contributed by atoms with van der Waals surface area (Å²) in [6, 6.07) is 22.7. The number of benzene rings is 2. The van der Waals surface area contributed by atoms with E-state index in [9.17, 15) is 33.6 Å². The lowest BCUT2D eigenvalue weighted by Gasteiger charge is -2.16. The molecule has 0 bridgehead atoms. The maximum absolute atomic E-state index is 13.9. The van der Waals surface area contributed by atoms with E-state index in [1.165, 1.54) is 81.7 Å². The van der Waals surface area contributed by atoms with Crippen LogP contribution in [-0.4, -0.2) is 40.5 Å². The molecule has 2 aromatic carbocycles. The third kappa shape index (κ3) is 5.16. The van der Waals surface area contributed by atoms with Crippen LogP contribution in [0.3, 0.4) is 0 Å². The van der Waals surface area contributed by atoms with Crippen molar-refractivity contribution in [2.24, 2.45) is 11.8 Å². The largest absolute Gasteiger partial charge is 0.297 e. The molecule has 0 spiro atoms. The first kappa shape index (κ1) is 32.2. The van der Waals surface area contributed by atoms with Gasteiger partial charge in [-0.25, -0.2) is 0 Å². The van der Waals surface area contributed by atoms with Gasteiger partial charge in [-0.15, -0.1) is 45.3 Å². The Morgan fingerprint density at radius 2 is 0.760 bits per heavy atom. The fourth-order valence-electron chi connectivity index (χ4n) is 6.75. The minimum atomic E-state index is -1.53. The highest BCUT2D eigenvalue weighted by atomic mass is 32.1. The zero-order valence-electron chi connectivity index (χ0n) is 25.7. The topological polar surface area (TPSA) is 119 Å². The predicted molar refractivity (Wildman–Crippen MR) is 192 cm³/mol. The molecule has 6 aromatic rings. The third-order valence-corrected chi connectivity index (χ3v) is 12.9. The number of ketones is 7. The Labute approximate surface area is 300 Å². The Morgan fingerprint density at radius 1 is 0.440 bits per heavy atom. The van der Waals surface area contributed by atoms with Gasteiger partial charge in [-0.05, 0) is 70.1 Å². The fraction of sp³-hybridized carbons (Fsp3) is 0.103. The fourth-order valence-corrected chi connectivity index (χ4v) is 10.3. The van der Waals surface area contributed by atoms with Crippen molar-refractivity contribution in [2.45, 2.75) is 11.8 Å². The third-order valence-electron chi connectivity index (χ3n) is 9.12. The molecule has 50 heavy (non-hydrogen) atoms. The molecule has 244 valence electrons. The highest BCUT2D eigenvalue weighted by Gasteiger charge is 2.48. The molecule has 4 aromatic heterocycles. The second kappa shape index (κ2) is 12.7. The monoisotopic (exact) mass is 730 g/mol. The minimum Gasteiger partial charge on any atom is -0.297 e. The Morgan fingerprint density at radius 3 is 1.06 bits per heavy atom. The van der Waals surface area contributed by atoms with Crippen molar-refractivity contribution in [1.29, 1.82) is 0 Å². The van der Waals surface area contributed by atoms with Crippen LogP contribution < -0.4 is 0 Å². The van der Waals surface area contributed by atoms with Crippen molar-refractivity contribution in [2.75, 3.05) is 0 Å². The summed E-state index contributed by atoms with van der Waals surface area (Å²) in [7, 11) is 0. The lowest BCUT2D eigenvalue weighted by atomic mass is 9.87. The maximum Gasteiger partial charge on any atom is 0.193 e. The van der Waals surface area contributed by atoms with E-state index in [2.05, 4.69) is 0 Å². The van der Waals surface area contributed by atoms with Gasteiger partial charge in [0.1, 0.15) is 11.8 Å². The molecule has 2 aliphatic carbocycles. The molecule has 0 N–H and O–H groups in total. The van der Waals surface area contributed by atoms with Gasteiger partial charge in [0.05, 0.1) is 11.8 Å². The van der Waals surface area contributed by atoms with Crippen LogP contribution in [0.25, 0.3) is 0 Å². The first-order valence-corrected chi connectivity index (χ1v) is 19.0. The summed E-state index contributed by atoms with van der Waals surface area (Å²) in [6.07, 6.45) is 0. The molecule has 0 aliphatic heterocycles. The molecule has 0 saturated carbocycles. The van der Waals surface area contributed by atoms with Crippen molar-refractivity contribution >= 4 is 85.8 Å². The maximum atomic E-state index is 13.9. The van der Waals surface area contributed by atoms with Crippen LogP contribution in [0.1, 0.15) is 88.7 Å². The molecule has 2 unspecified atom stereocenters.